The van der Waals surface area contributed by atoms with E-state index in [1.54, 1.807) is 24.3 Å². The first kappa shape index (κ1) is 20.8. The fourth-order valence-electron chi connectivity index (χ4n) is 3.54. The lowest BCUT2D eigenvalue weighted by Crippen LogP contribution is -2.16. The van der Waals surface area contributed by atoms with Gasteiger partial charge in [-0.05, 0) is 46.7 Å². The molecule has 0 spiro atoms. The van der Waals surface area contributed by atoms with Gasteiger partial charge in [0.15, 0.2) is 0 Å². The van der Waals surface area contributed by atoms with Gasteiger partial charge in [-0.25, -0.2) is 8.78 Å². The van der Waals surface area contributed by atoms with E-state index in [1.165, 1.54) is 24.3 Å². The van der Waals surface area contributed by atoms with Crippen molar-refractivity contribution in [3.05, 3.63) is 90.0 Å². The summed E-state index contributed by atoms with van der Waals surface area (Å²) in [5, 5.41) is 1.23. The molecule has 0 aliphatic carbocycles. The maximum atomic E-state index is 15.1. The summed E-state index contributed by atoms with van der Waals surface area (Å²) in [6, 6.07) is 18.1. The SMILES string of the molecule is CCc1ccc2c(F)c(-c3ccc(-c4ccc(OC(F)(F)F)cc4)c(F)c3)ccc2c1. The van der Waals surface area contributed by atoms with Crippen LogP contribution in [0.25, 0.3) is 33.0 Å². The Kier molecular flexibility index (Phi) is 5.39. The summed E-state index contributed by atoms with van der Waals surface area (Å²) in [5.41, 5.74) is 2.32. The molecule has 0 amide bonds. The summed E-state index contributed by atoms with van der Waals surface area (Å²) in [6.45, 7) is 2.02. The summed E-state index contributed by atoms with van der Waals surface area (Å²) in [5.74, 6) is -1.43. The lowest BCUT2D eigenvalue weighted by Gasteiger charge is -2.11. The van der Waals surface area contributed by atoms with Gasteiger partial charge < -0.3 is 4.74 Å². The Bertz CT molecular complexity index is 1240. The largest absolute Gasteiger partial charge is 0.573 e. The van der Waals surface area contributed by atoms with Crippen LogP contribution in [0.3, 0.4) is 0 Å². The van der Waals surface area contributed by atoms with E-state index < -0.39 is 23.7 Å². The molecule has 0 N–H and O–H groups in total. The van der Waals surface area contributed by atoms with Crippen molar-refractivity contribution >= 4 is 10.8 Å². The first-order valence-electron chi connectivity index (χ1n) is 9.62. The van der Waals surface area contributed by atoms with Gasteiger partial charge in [-0.3, -0.25) is 0 Å². The molecular formula is C25H17F5O. The lowest BCUT2D eigenvalue weighted by molar-refractivity contribution is -0.274. The molecule has 0 atom stereocenters. The minimum Gasteiger partial charge on any atom is -0.406 e. The van der Waals surface area contributed by atoms with Crippen molar-refractivity contribution in [1.82, 2.24) is 0 Å². The Labute approximate surface area is 175 Å². The predicted molar refractivity (Wildman–Crippen MR) is 111 cm³/mol. The minimum absolute atomic E-state index is 0.191. The number of fused-ring (bicyclic) bond motifs is 1. The van der Waals surface area contributed by atoms with Crippen molar-refractivity contribution in [1.29, 1.82) is 0 Å². The lowest BCUT2D eigenvalue weighted by atomic mass is 9.96. The highest BCUT2D eigenvalue weighted by molar-refractivity contribution is 5.89. The van der Waals surface area contributed by atoms with Crippen LogP contribution in [-0.2, 0) is 6.42 Å². The first-order valence-corrected chi connectivity index (χ1v) is 9.62. The maximum absolute atomic E-state index is 15.1. The van der Waals surface area contributed by atoms with Crippen LogP contribution in [0.5, 0.6) is 5.75 Å². The van der Waals surface area contributed by atoms with E-state index in [-0.39, 0.29) is 11.1 Å². The van der Waals surface area contributed by atoms with E-state index in [2.05, 4.69) is 4.74 Å². The number of ether oxygens (including phenoxy) is 1. The normalized spacial score (nSPS) is 11.7. The number of alkyl halides is 3. The molecule has 0 radical (unpaired) electrons. The van der Waals surface area contributed by atoms with Gasteiger partial charge in [-0.2, -0.15) is 0 Å². The van der Waals surface area contributed by atoms with E-state index in [0.29, 0.717) is 16.5 Å². The average molecular weight is 428 g/mol. The van der Waals surface area contributed by atoms with Crippen molar-refractivity contribution in [3.8, 4) is 28.0 Å². The second kappa shape index (κ2) is 8.02. The number of hydrogen-bond donors (Lipinski definition) is 0. The van der Waals surface area contributed by atoms with Gasteiger partial charge in [0.05, 0.1) is 0 Å². The number of rotatable bonds is 4. The molecule has 0 saturated heterocycles. The first-order chi connectivity index (χ1) is 14.7. The third kappa shape index (κ3) is 4.38. The zero-order chi connectivity index (χ0) is 22.2. The Morgan fingerprint density at radius 2 is 1.42 bits per heavy atom. The molecule has 158 valence electrons. The van der Waals surface area contributed by atoms with Crippen LogP contribution in [0.2, 0.25) is 0 Å². The topological polar surface area (TPSA) is 9.23 Å². The fraction of sp³-hybridized carbons (Fsp3) is 0.120. The van der Waals surface area contributed by atoms with E-state index in [1.807, 2.05) is 19.1 Å². The highest BCUT2D eigenvalue weighted by Gasteiger charge is 2.31. The predicted octanol–water partition coefficient (Wildman–Crippen LogP) is 7.91. The average Bonchev–Trinajstić information content (AvgIpc) is 2.73. The van der Waals surface area contributed by atoms with Crippen LogP contribution in [-0.4, -0.2) is 6.36 Å². The van der Waals surface area contributed by atoms with E-state index in [0.717, 1.165) is 29.5 Å². The molecule has 0 fully saturated rings. The zero-order valence-corrected chi connectivity index (χ0v) is 16.4. The van der Waals surface area contributed by atoms with Crippen molar-refractivity contribution in [2.75, 3.05) is 0 Å². The quantitative estimate of drug-likeness (QED) is 0.300. The summed E-state index contributed by atoms with van der Waals surface area (Å²) >= 11 is 0. The molecule has 4 rings (SSSR count). The van der Waals surface area contributed by atoms with Crippen LogP contribution in [0, 0.1) is 11.6 Å². The van der Waals surface area contributed by atoms with E-state index in [4.69, 9.17) is 0 Å². The molecule has 31 heavy (non-hydrogen) atoms. The molecule has 1 nitrogen and oxygen atoms in total. The highest BCUT2D eigenvalue weighted by Crippen LogP contribution is 2.33. The summed E-state index contributed by atoms with van der Waals surface area (Å²) < 4.78 is 70.6. The number of benzene rings is 4. The summed E-state index contributed by atoms with van der Waals surface area (Å²) in [6.07, 6.45) is -3.95. The number of halogens is 5. The zero-order valence-electron chi connectivity index (χ0n) is 16.4. The van der Waals surface area contributed by atoms with E-state index >= 15 is 4.39 Å². The molecule has 4 aromatic rings. The van der Waals surface area contributed by atoms with Crippen molar-refractivity contribution in [2.45, 2.75) is 19.7 Å². The maximum Gasteiger partial charge on any atom is 0.573 e. The van der Waals surface area contributed by atoms with Gasteiger partial charge in [-0.1, -0.05) is 61.5 Å². The molecule has 0 heterocycles. The monoisotopic (exact) mass is 428 g/mol. The molecule has 0 unspecified atom stereocenters. The van der Waals surface area contributed by atoms with E-state index in [9.17, 15) is 17.6 Å². The fourth-order valence-corrected chi connectivity index (χ4v) is 3.54. The molecule has 6 heteroatoms. The van der Waals surface area contributed by atoms with Crippen LogP contribution >= 0.6 is 0 Å². The molecule has 0 aromatic heterocycles. The van der Waals surface area contributed by atoms with Gasteiger partial charge >= 0.3 is 6.36 Å². The Balaban J connectivity index is 1.67. The van der Waals surface area contributed by atoms with Crippen LogP contribution in [0.1, 0.15) is 12.5 Å². The molecule has 0 bridgehead atoms. The molecule has 0 saturated carbocycles. The Morgan fingerprint density at radius 1 is 0.742 bits per heavy atom. The molecular weight excluding hydrogens is 411 g/mol. The summed E-state index contributed by atoms with van der Waals surface area (Å²) in [7, 11) is 0. The number of aryl methyl sites for hydroxylation is 1. The van der Waals surface area contributed by atoms with Crippen molar-refractivity contribution in [2.24, 2.45) is 0 Å². The second-order valence-corrected chi connectivity index (χ2v) is 7.10. The Hall–Kier alpha value is -3.41. The summed E-state index contributed by atoms with van der Waals surface area (Å²) in [4.78, 5) is 0. The molecule has 4 aromatic carbocycles. The molecule has 0 aliphatic heterocycles. The third-order valence-electron chi connectivity index (χ3n) is 5.11. The smallest absolute Gasteiger partial charge is 0.406 e. The third-order valence-corrected chi connectivity index (χ3v) is 5.11. The molecule has 0 aliphatic rings. The highest BCUT2D eigenvalue weighted by atomic mass is 19.4. The van der Waals surface area contributed by atoms with Crippen molar-refractivity contribution in [3.63, 3.8) is 0 Å². The number of hydrogen-bond acceptors (Lipinski definition) is 1. The second-order valence-electron chi connectivity index (χ2n) is 7.10. The van der Waals surface area contributed by atoms with Crippen LogP contribution < -0.4 is 4.74 Å². The van der Waals surface area contributed by atoms with Gasteiger partial charge in [0.2, 0.25) is 0 Å². The van der Waals surface area contributed by atoms with Gasteiger partial charge in [-0.15, -0.1) is 13.2 Å². The van der Waals surface area contributed by atoms with Gasteiger partial charge in [0.25, 0.3) is 0 Å². The van der Waals surface area contributed by atoms with Crippen LogP contribution in [0.15, 0.2) is 72.8 Å². The van der Waals surface area contributed by atoms with Crippen LogP contribution in [0.4, 0.5) is 22.0 Å². The van der Waals surface area contributed by atoms with Gasteiger partial charge in [0, 0.05) is 16.5 Å². The Morgan fingerprint density at radius 3 is 2.06 bits per heavy atom. The standard InChI is InChI=1S/C25H17F5O/c1-2-15-3-10-21-17(13-15)7-12-22(24(21)27)18-6-11-20(23(26)14-18)16-4-8-19(9-5-16)31-25(28,29)30/h3-14H,2H2,1H3. The van der Waals surface area contributed by atoms with Gasteiger partial charge in [0.1, 0.15) is 17.4 Å². The minimum atomic E-state index is -4.80. The van der Waals surface area contributed by atoms with Crippen molar-refractivity contribution < 1.29 is 26.7 Å².